The second kappa shape index (κ2) is 6.99. The minimum atomic E-state index is -0.446. The normalized spacial score (nSPS) is 34.6. The number of hydrogen-bond acceptors (Lipinski definition) is 3. The van der Waals surface area contributed by atoms with Crippen molar-refractivity contribution < 1.29 is 14.3 Å². The molecule has 0 amide bonds. The van der Waals surface area contributed by atoms with Gasteiger partial charge in [0.05, 0.1) is 12.7 Å². The van der Waals surface area contributed by atoms with Crippen molar-refractivity contribution in [2.75, 3.05) is 6.61 Å². The van der Waals surface area contributed by atoms with E-state index < -0.39 is 6.10 Å². The highest BCUT2D eigenvalue weighted by molar-refractivity contribution is 5.76. The van der Waals surface area contributed by atoms with Crippen molar-refractivity contribution in [3.8, 4) is 0 Å². The molecule has 1 heterocycles. The summed E-state index contributed by atoms with van der Waals surface area (Å²) in [6.07, 6.45) is 2.50. The van der Waals surface area contributed by atoms with E-state index in [4.69, 9.17) is 9.47 Å². The molecule has 3 heteroatoms. The maximum Gasteiger partial charge on any atom is 0.335 e. The number of hydrogen-bond donors (Lipinski definition) is 0. The lowest BCUT2D eigenvalue weighted by atomic mass is 9.63. The van der Waals surface area contributed by atoms with Gasteiger partial charge in [-0.1, -0.05) is 31.6 Å². The van der Waals surface area contributed by atoms with Gasteiger partial charge in [0.15, 0.2) is 6.10 Å². The first kappa shape index (κ1) is 17.3. The van der Waals surface area contributed by atoms with Crippen LogP contribution in [0.4, 0.5) is 0 Å². The van der Waals surface area contributed by atoms with Crippen LogP contribution in [0.15, 0.2) is 24.3 Å². The van der Waals surface area contributed by atoms with E-state index in [1.165, 1.54) is 5.57 Å². The third kappa shape index (κ3) is 3.29. The minimum Gasteiger partial charge on any atom is -0.464 e. The summed E-state index contributed by atoms with van der Waals surface area (Å²) in [7, 11) is 0. The predicted molar refractivity (Wildman–Crippen MR) is 88.4 cm³/mol. The van der Waals surface area contributed by atoms with E-state index in [0.29, 0.717) is 18.4 Å². The van der Waals surface area contributed by atoms with Gasteiger partial charge in [-0.3, -0.25) is 0 Å². The lowest BCUT2D eigenvalue weighted by molar-refractivity contribution is -0.158. The molecule has 1 saturated heterocycles. The van der Waals surface area contributed by atoms with Crippen molar-refractivity contribution in [3.05, 3.63) is 24.3 Å². The number of esters is 1. The third-order valence-electron chi connectivity index (χ3n) is 5.18. The summed E-state index contributed by atoms with van der Waals surface area (Å²) in [5, 5.41) is 0. The summed E-state index contributed by atoms with van der Waals surface area (Å²) < 4.78 is 11.5. The molecule has 22 heavy (non-hydrogen) atoms. The number of fused-ring (bicyclic) bond motifs is 1. The number of carbonyl (C=O) groups excluding carboxylic acids is 1. The molecule has 1 saturated carbocycles. The Balaban J connectivity index is 2.32. The van der Waals surface area contributed by atoms with Crippen molar-refractivity contribution in [1.29, 1.82) is 0 Å². The van der Waals surface area contributed by atoms with Gasteiger partial charge in [0.25, 0.3) is 0 Å². The molecule has 2 fully saturated rings. The Morgan fingerprint density at radius 2 is 2.14 bits per heavy atom. The van der Waals surface area contributed by atoms with Crippen molar-refractivity contribution in [3.63, 3.8) is 0 Å². The molecule has 0 radical (unpaired) electrons. The fourth-order valence-corrected chi connectivity index (χ4v) is 4.27. The van der Waals surface area contributed by atoms with Crippen LogP contribution in [-0.2, 0) is 14.3 Å². The largest absolute Gasteiger partial charge is 0.464 e. The van der Waals surface area contributed by atoms with Gasteiger partial charge in [0.2, 0.25) is 0 Å². The highest BCUT2D eigenvalue weighted by atomic mass is 16.6. The first-order valence-electron chi connectivity index (χ1n) is 8.50. The number of ether oxygens (including phenoxy) is 2. The van der Waals surface area contributed by atoms with Crippen LogP contribution in [0.25, 0.3) is 0 Å². The van der Waals surface area contributed by atoms with Crippen LogP contribution in [-0.4, -0.2) is 24.8 Å². The van der Waals surface area contributed by atoms with E-state index in [-0.39, 0.29) is 23.9 Å². The van der Waals surface area contributed by atoms with Crippen LogP contribution < -0.4 is 0 Å². The molecule has 0 aromatic carbocycles. The maximum absolute atomic E-state index is 12.4. The smallest absolute Gasteiger partial charge is 0.335 e. The topological polar surface area (TPSA) is 35.5 Å². The molecular formula is C19H30O3. The monoisotopic (exact) mass is 306 g/mol. The van der Waals surface area contributed by atoms with Crippen LogP contribution in [0.5, 0.6) is 0 Å². The van der Waals surface area contributed by atoms with Crippen molar-refractivity contribution in [2.45, 2.75) is 59.2 Å². The van der Waals surface area contributed by atoms with Crippen LogP contribution >= 0.6 is 0 Å². The summed E-state index contributed by atoms with van der Waals surface area (Å²) in [6, 6.07) is 0. The average molecular weight is 306 g/mol. The molecular weight excluding hydrogens is 276 g/mol. The molecule has 0 unspecified atom stereocenters. The Bertz CT molecular complexity index is 452. The molecule has 5 atom stereocenters. The molecule has 0 aromatic heterocycles. The lowest BCUT2D eigenvalue weighted by Crippen LogP contribution is -2.40. The van der Waals surface area contributed by atoms with Gasteiger partial charge in [0, 0.05) is 11.8 Å². The van der Waals surface area contributed by atoms with Crippen molar-refractivity contribution >= 4 is 5.97 Å². The molecule has 0 bridgehead atoms. The van der Waals surface area contributed by atoms with Gasteiger partial charge in [0.1, 0.15) is 0 Å². The van der Waals surface area contributed by atoms with Crippen LogP contribution in [0.2, 0.25) is 0 Å². The Labute approximate surface area is 134 Å². The lowest BCUT2D eigenvalue weighted by Gasteiger charge is -2.39. The maximum atomic E-state index is 12.4. The Hall–Kier alpha value is -1.09. The van der Waals surface area contributed by atoms with Gasteiger partial charge in [-0.25, -0.2) is 4.79 Å². The minimum absolute atomic E-state index is 0.0194. The highest BCUT2D eigenvalue weighted by Gasteiger charge is 2.54. The zero-order chi connectivity index (χ0) is 16.4. The second-order valence-electron chi connectivity index (χ2n) is 7.22. The molecule has 3 nitrogen and oxygen atoms in total. The molecule has 0 N–H and O–H groups in total. The molecule has 2 rings (SSSR count). The number of carbonyl (C=O) groups is 1. The molecule has 0 spiro atoms. The van der Waals surface area contributed by atoms with Crippen LogP contribution in [0, 0.1) is 23.7 Å². The SMILES string of the molecule is C=C(C)C[C@H]1O[C@@H](C(=O)OCC)[C@H]2[C@@H]1C(=C)CC[C@@H]2C(C)C. The Morgan fingerprint density at radius 1 is 1.45 bits per heavy atom. The van der Waals surface area contributed by atoms with E-state index in [1.54, 1.807) is 0 Å². The summed E-state index contributed by atoms with van der Waals surface area (Å²) >= 11 is 0. The van der Waals surface area contributed by atoms with E-state index in [0.717, 1.165) is 24.8 Å². The third-order valence-corrected chi connectivity index (χ3v) is 5.18. The van der Waals surface area contributed by atoms with Gasteiger partial charge in [-0.15, -0.1) is 6.58 Å². The predicted octanol–water partition coefficient (Wildman–Crippen LogP) is 4.14. The van der Waals surface area contributed by atoms with E-state index >= 15 is 0 Å². The summed E-state index contributed by atoms with van der Waals surface area (Å²) in [4.78, 5) is 12.4. The summed E-state index contributed by atoms with van der Waals surface area (Å²) in [5.74, 6) is 1.27. The zero-order valence-corrected chi connectivity index (χ0v) is 14.4. The van der Waals surface area contributed by atoms with E-state index in [1.807, 2.05) is 13.8 Å². The number of rotatable bonds is 5. The summed E-state index contributed by atoms with van der Waals surface area (Å²) in [5.41, 5.74) is 2.33. The van der Waals surface area contributed by atoms with Crippen LogP contribution in [0.3, 0.4) is 0 Å². The van der Waals surface area contributed by atoms with Crippen LogP contribution in [0.1, 0.15) is 47.0 Å². The zero-order valence-electron chi connectivity index (χ0n) is 14.4. The fraction of sp³-hybridized carbons (Fsp3) is 0.737. The van der Waals surface area contributed by atoms with Gasteiger partial charge in [-0.2, -0.15) is 0 Å². The fourth-order valence-electron chi connectivity index (χ4n) is 4.27. The Kier molecular flexibility index (Phi) is 5.49. The molecule has 2 aliphatic rings. The van der Waals surface area contributed by atoms with Gasteiger partial charge >= 0.3 is 5.97 Å². The molecule has 0 aromatic rings. The van der Waals surface area contributed by atoms with E-state index in [9.17, 15) is 4.79 Å². The van der Waals surface area contributed by atoms with Gasteiger partial charge < -0.3 is 9.47 Å². The summed E-state index contributed by atoms with van der Waals surface area (Å²) in [6.45, 7) is 17.0. The van der Waals surface area contributed by atoms with Gasteiger partial charge in [-0.05, 0) is 44.9 Å². The van der Waals surface area contributed by atoms with Crippen molar-refractivity contribution in [2.24, 2.45) is 23.7 Å². The van der Waals surface area contributed by atoms with Crippen molar-refractivity contribution in [1.82, 2.24) is 0 Å². The first-order chi connectivity index (χ1) is 10.4. The van der Waals surface area contributed by atoms with E-state index in [2.05, 4.69) is 27.0 Å². The Morgan fingerprint density at radius 3 is 2.68 bits per heavy atom. The molecule has 1 aliphatic heterocycles. The highest BCUT2D eigenvalue weighted by Crippen LogP contribution is 2.51. The molecule has 1 aliphatic carbocycles. The average Bonchev–Trinajstić information content (AvgIpc) is 2.78. The molecule has 124 valence electrons. The first-order valence-corrected chi connectivity index (χ1v) is 8.50. The quantitative estimate of drug-likeness (QED) is 0.566. The second-order valence-corrected chi connectivity index (χ2v) is 7.22. The standard InChI is InChI=1S/C19H30O3/c1-7-21-19(20)18-17-14(12(4)5)9-8-13(6)16(17)15(22-18)10-11(2)3/h12,14-18H,2,6-10H2,1,3-5H3/t14-,15-,16-,17-,18-/m1/s1.